The van der Waals surface area contributed by atoms with Gasteiger partial charge in [-0.3, -0.25) is 9.59 Å². The smallest absolute Gasteiger partial charge is 0.407 e. The zero-order chi connectivity index (χ0) is 23.2. The van der Waals surface area contributed by atoms with Crippen molar-refractivity contribution in [3.8, 4) is 0 Å². The van der Waals surface area contributed by atoms with Gasteiger partial charge in [-0.15, -0.1) is 0 Å². The Morgan fingerprint density at radius 1 is 1.31 bits per heavy atom. The number of piperazine rings is 1. The molecule has 0 saturated carbocycles. The van der Waals surface area contributed by atoms with Crippen molar-refractivity contribution in [1.29, 1.82) is 0 Å². The number of carboxylic acid groups (broad SMARTS) is 1. The van der Waals surface area contributed by atoms with E-state index in [1.807, 2.05) is 23.6 Å². The van der Waals surface area contributed by atoms with Gasteiger partial charge >= 0.3 is 6.09 Å². The summed E-state index contributed by atoms with van der Waals surface area (Å²) in [5, 5.41) is 12.8. The molecule has 3 amide bonds. The second-order valence-electron chi connectivity index (χ2n) is 8.27. The average molecular weight is 506 g/mol. The van der Waals surface area contributed by atoms with Crippen molar-refractivity contribution in [2.75, 3.05) is 31.5 Å². The summed E-state index contributed by atoms with van der Waals surface area (Å²) in [5.74, 6) is -1.11. The van der Waals surface area contributed by atoms with E-state index in [0.29, 0.717) is 36.3 Å². The van der Waals surface area contributed by atoms with Gasteiger partial charge in [0.15, 0.2) is 0 Å². The summed E-state index contributed by atoms with van der Waals surface area (Å²) in [7, 11) is 0. The fourth-order valence-corrected chi connectivity index (χ4v) is 4.48. The van der Waals surface area contributed by atoms with Crippen LogP contribution < -0.4 is 11.1 Å². The molecule has 0 radical (unpaired) electrons. The Balaban J connectivity index is 1.67. The maximum atomic E-state index is 13.4. The summed E-state index contributed by atoms with van der Waals surface area (Å²) >= 11 is 3.39. The zero-order valence-electron chi connectivity index (χ0n) is 17.7. The SMILES string of the molecule is CC(C)CN1C(C(=O)Nc2c(C(N)=O)oc3ccc(Br)cc23)=CN2CCN(C(=O)O)CC21. The lowest BCUT2D eigenvalue weighted by Crippen LogP contribution is -2.56. The zero-order valence-corrected chi connectivity index (χ0v) is 19.3. The second-order valence-corrected chi connectivity index (χ2v) is 9.19. The molecule has 0 spiro atoms. The van der Waals surface area contributed by atoms with Crippen LogP contribution in [0.1, 0.15) is 24.4 Å². The molecule has 32 heavy (non-hydrogen) atoms. The first-order valence-electron chi connectivity index (χ1n) is 10.2. The molecular formula is C21H24BrN5O5. The van der Waals surface area contributed by atoms with E-state index in [4.69, 9.17) is 10.2 Å². The molecule has 2 aliphatic rings. The average Bonchev–Trinajstić information content (AvgIpc) is 3.26. The lowest BCUT2D eigenvalue weighted by molar-refractivity contribution is -0.114. The molecule has 11 heteroatoms. The number of furan rings is 1. The van der Waals surface area contributed by atoms with Gasteiger partial charge in [-0.1, -0.05) is 29.8 Å². The van der Waals surface area contributed by atoms with Crippen molar-refractivity contribution >= 4 is 50.5 Å². The number of carbonyl (C=O) groups is 3. The number of nitrogens with zero attached hydrogens (tertiary/aromatic N) is 3. The summed E-state index contributed by atoms with van der Waals surface area (Å²) in [6.07, 6.45) is 0.506. The Labute approximate surface area is 192 Å². The third-order valence-corrected chi connectivity index (χ3v) is 6.02. The number of benzene rings is 1. The number of nitrogens with two attached hydrogens (primary N) is 1. The largest absolute Gasteiger partial charge is 0.465 e. The number of rotatable bonds is 5. The number of fused-ring (bicyclic) bond motifs is 2. The molecule has 10 nitrogen and oxygen atoms in total. The molecule has 0 aliphatic carbocycles. The van der Waals surface area contributed by atoms with Crippen molar-refractivity contribution in [3.63, 3.8) is 0 Å². The monoisotopic (exact) mass is 505 g/mol. The molecule has 1 fully saturated rings. The van der Waals surface area contributed by atoms with Gasteiger partial charge in [-0.2, -0.15) is 0 Å². The number of halogens is 1. The van der Waals surface area contributed by atoms with Crippen LogP contribution in [0.5, 0.6) is 0 Å². The van der Waals surface area contributed by atoms with E-state index < -0.39 is 17.9 Å². The number of primary amides is 1. The Hall–Kier alpha value is -3.21. The first-order valence-corrected chi connectivity index (χ1v) is 11.0. The first kappa shape index (κ1) is 22.0. The molecule has 4 rings (SSSR count). The van der Waals surface area contributed by atoms with Crippen LogP contribution in [0.3, 0.4) is 0 Å². The van der Waals surface area contributed by atoms with Crippen LogP contribution in [0.2, 0.25) is 0 Å². The number of carbonyl (C=O) groups excluding carboxylic acids is 2. The maximum absolute atomic E-state index is 13.4. The molecule has 1 aromatic heterocycles. The van der Waals surface area contributed by atoms with E-state index in [9.17, 15) is 19.5 Å². The highest BCUT2D eigenvalue weighted by atomic mass is 79.9. The molecule has 170 valence electrons. The minimum Gasteiger partial charge on any atom is -0.465 e. The van der Waals surface area contributed by atoms with Crippen LogP contribution >= 0.6 is 15.9 Å². The summed E-state index contributed by atoms with van der Waals surface area (Å²) in [6, 6.07) is 5.18. The number of anilines is 1. The summed E-state index contributed by atoms with van der Waals surface area (Å²) in [5.41, 5.74) is 6.52. The van der Waals surface area contributed by atoms with E-state index in [1.165, 1.54) is 4.90 Å². The lowest BCUT2D eigenvalue weighted by atomic mass is 10.1. The number of hydrogen-bond donors (Lipinski definition) is 3. The van der Waals surface area contributed by atoms with Crippen LogP contribution in [-0.4, -0.2) is 70.1 Å². The Morgan fingerprint density at radius 2 is 2.06 bits per heavy atom. The van der Waals surface area contributed by atoms with Gasteiger partial charge in [-0.05, 0) is 24.1 Å². The van der Waals surface area contributed by atoms with Gasteiger partial charge in [0.25, 0.3) is 11.8 Å². The Kier molecular flexibility index (Phi) is 5.76. The third kappa shape index (κ3) is 3.99. The summed E-state index contributed by atoms with van der Waals surface area (Å²) < 4.78 is 6.33. The molecule has 2 aromatic rings. The van der Waals surface area contributed by atoms with Crippen molar-refractivity contribution in [3.05, 3.63) is 40.3 Å². The highest BCUT2D eigenvalue weighted by molar-refractivity contribution is 9.10. The predicted molar refractivity (Wildman–Crippen MR) is 121 cm³/mol. The minimum atomic E-state index is -0.978. The van der Waals surface area contributed by atoms with E-state index in [1.54, 1.807) is 24.4 Å². The van der Waals surface area contributed by atoms with Gasteiger partial charge < -0.3 is 35.3 Å². The quantitative estimate of drug-likeness (QED) is 0.568. The van der Waals surface area contributed by atoms with Gasteiger partial charge in [0, 0.05) is 35.7 Å². The maximum Gasteiger partial charge on any atom is 0.407 e. The Bertz CT molecular complexity index is 1130. The van der Waals surface area contributed by atoms with Gasteiger partial charge in [0.1, 0.15) is 23.1 Å². The van der Waals surface area contributed by atoms with Gasteiger partial charge in [0.2, 0.25) is 5.76 Å². The van der Waals surface area contributed by atoms with Crippen molar-refractivity contribution in [1.82, 2.24) is 14.7 Å². The molecule has 4 N–H and O–H groups in total. The van der Waals surface area contributed by atoms with E-state index in [-0.39, 0.29) is 30.1 Å². The molecule has 1 saturated heterocycles. The lowest BCUT2D eigenvalue weighted by Gasteiger charge is -2.41. The van der Waals surface area contributed by atoms with Crippen LogP contribution in [0.15, 0.2) is 39.0 Å². The molecular weight excluding hydrogens is 482 g/mol. The summed E-state index contributed by atoms with van der Waals surface area (Å²) in [4.78, 5) is 42.1. The third-order valence-electron chi connectivity index (χ3n) is 5.53. The van der Waals surface area contributed by atoms with Crippen LogP contribution in [-0.2, 0) is 4.79 Å². The molecule has 0 bridgehead atoms. The van der Waals surface area contributed by atoms with E-state index in [0.717, 1.165) is 4.47 Å². The van der Waals surface area contributed by atoms with Crippen molar-refractivity contribution < 1.29 is 23.9 Å². The normalized spacial score (nSPS) is 18.2. The number of amides is 3. The minimum absolute atomic E-state index is 0.129. The second kappa shape index (κ2) is 8.38. The molecule has 1 unspecified atom stereocenters. The number of nitrogens with one attached hydrogen (secondary N) is 1. The molecule has 3 heterocycles. The topological polar surface area (TPSA) is 132 Å². The number of hydrogen-bond acceptors (Lipinski definition) is 6. The molecule has 1 atom stereocenters. The van der Waals surface area contributed by atoms with E-state index in [2.05, 4.69) is 21.2 Å². The first-order chi connectivity index (χ1) is 15.2. The van der Waals surface area contributed by atoms with Gasteiger partial charge in [-0.25, -0.2) is 4.79 Å². The highest BCUT2D eigenvalue weighted by Gasteiger charge is 2.40. The van der Waals surface area contributed by atoms with Crippen LogP contribution in [0.4, 0.5) is 10.5 Å². The van der Waals surface area contributed by atoms with Gasteiger partial charge in [0.05, 0.1) is 6.54 Å². The molecule has 1 aromatic carbocycles. The molecule has 2 aliphatic heterocycles. The fourth-order valence-electron chi connectivity index (χ4n) is 4.12. The van der Waals surface area contributed by atoms with Crippen molar-refractivity contribution in [2.24, 2.45) is 11.7 Å². The van der Waals surface area contributed by atoms with Crippen LogP contribution in [0, 0.1) is 5.92 Å². The van der Waals surface area contributed by atoms with Crippen LogP contribution in [0.25, 0.3) is 11.0 Å². The highest BCUT2D eigenvalue weighted by Crippen LogP contribution is 2.34. The Morgan fingerprint density at radius 3 is 2.72 bits per heavy atom. The fraction of sp³-hybridized carbons (Fsp3) is 0.381. The van der Waals surface area contributed by atoms with Crippen molar-refractivity contribution in [2.45, 2.75) is 20.0 Å². The summed E-state index contributed by atoms with van der Waals surface area (Å²) in [6.45, 7) is 5.73. The standard InChI is InChI=1S/C21H24BrN5O5/c1-11(2)8-27-14(9-25-5-6-26(21(30)31)10-16(25)27)20(29)24-17-13-7-12(22)3-4-15(13)32-18(17)19(23)28/h3-4,7,9,11,16H,5-6,8,10H2,1-2H3,(H2,23,28)(H,24,29)(H,30,31). The predicted octanol–water partition coefficient (Wildman–Crippen LogP) is 2.67. The van der Waals surface area contributed by atoms with E-state index >= 15 is 0 Å².